The highest BCUT2D eigenvalue weighted by Crippen LogP contribution is 2.34. The van der Waals surface area contributed by atoms with Crippen molar-refractivity contribution >= 4 is 21.8 Å². The molecule has 0 aliphatic carbocycles. The second-order valence-corrected chi connectivity index (χ2v) is 6.55. The van der Waals surface area contributed by atoms with Crippen LogP contribution >= 0.6 is 0 Å². The number of fused-ring (bicyclic) bond motifs is 3. The van der Waals surface area contributed by atoms with Gasteiger partial charge < -0.3 is 9.30 Å². The molecule has 27 heavy (non-hydrogen) atoms. The summed E-state index contributed by atoms with van der Waals surface area (Å²) in [6.07, 6.45) is -0.677. The van der Waals surface area contributed by atoms with Crippen molar-refractivity contribution < 1.29 is 17.9 Å². The van der Waals surface area contributed by atoms with E-state index >= 15 is 0 Å². The predicted octanol–water partition coefficient (Wildman–Crippen LogP) is 5.74. The summed E-state index contributed by atoms with van der Waals surface area (Å²) in [5, 5.41) is 1.71. The zero-order chi connectivity index (χ0) is 19.2. The Labute approximate surface area is 154 Å². The van der Waals surface area contributed by atoms with Crippen molar-refractivity contribution in [2.24, 2.45) is 0 Å². The van der Waals surface area contributed by atoms with Gasteiger partial charge >= 0.3 is 6.18 Å². The number of aryl methyl sites for hydroxylation is 2. The molecule has 2 heterocycles. The zero-order valence-corrected chi connectivity index (χ0v) is 14.8. The van der Waals surface area contributed by atoms with E-state index in [1.807, 2.05) is 50.4 Å². The lowest BCUT2D eigenvalue weighted by Crippen LogP contribution is -2.19. The third kappa shape index (κ3) is 3.12. The topological polar surface area (TPSA) is 27.1 Å². The Kier molecular flexibility index (Phi) is 4.06. The summed E-state index contributed by atoms with van der Waals surface area (Å²) >= 11 is 0. The maximum Gasteiger partial charge on any atom is 0.422 e. The summed E-state index contributed by atoms with van der Waals surface area (Å²) in [5.74, 6) is 0.127. The van der Waals surface area contributed by atoms with Crippen molar-refractivity contribution in [3.05, 3.63) is 66.0 Å². The number of aromatic nitrogens is 2. The van der Waals surface area contributed by atoms with Crippen LogP contribution < -0.4 is 4.74 Å². The fraction of sp³-hybridized carbons (Fsp3) is 0.190. The highest BCUT2D eigenvalue weighted by molar-refractivity contribution is 6.07. The van der Waals surface area contributed by atoms with Crippen LogP contribution in [0.3, 0.4) is 0 Å². The fourth-order valence-corrected chi connectivity index (χ4v) is 3.36. The van der Waals surface area contributed by atoms with E-state index in [9.17, 15) is 13.2 Å². The van der Waals surface area contributed by atoms with Crippen molar-refractivity contribution in [3.63, 3.8) is 0 Å². The van der Waals surface area contributed by atoms with Crippen LogP contribution in [-0.4, -0.2) is 22.3 Å². The van der Waals surface area contributed by atoms with Gasteiger partial charge in [-0.3, -0.25) is 4.98 Å². The van der Waals surface area contributed by atoms with E-state index in [1.165, 1.54) is 6.07 Å². The van der Waals surface area contributed by atoms with Crippen LogP contribution in [0.1, 0.15) is 11.1 Å². The summed E-state index contributed by atoms with van der Waals surface area (Å²) in [5.41, 5.74) is 4.49. The van der Waals surface area contributed by atoms with Gasteiger partial charge in [-0.25, -0.2) is 0 Å². The summed E-state index contributed by atoms with van der Waals surface area (Å²) in [6, 6.07) is 13.0. The average Bonchev–Trinajstić information content (AvgIpc) is 2.96. The maximum atomic E-state index is 12.6. The number of halogens is 3. The number of alkyl halides is 3. The zero-order valence-electron chi connectivity index (χ0n) is 14.8. The molecule has 0 unspecified atom stereocenters. The molecule has 2 aromatic carbocycles. The molecule has 6 heteroatoms. The van der Waals surface area contributed by atoms with Crippen molar-refractivity contribution in [2.75, 3.05) is 6.61 Å². The van der Waals surface area contributed by atoms with Crippen molar-refractivity contribution in [3.8, 4) is 11.4 Å². The number of para-hydroxylation sites is 2. The molecule has 0 amide bonds. The van der Waals surface area contributed by atoms with Crippen molar-refractivity contribution in [1.29, 1.82) is 0 Å². The van der Waals surface area contributed by atoms with Gasteiger partial charge in [-0.15, -0.1) is 0 Å². The molecule has 0 aliphatic heterocycles. The van der Waals surface area contributed by atoms with Gasteiger partial charge in [-0.2, -0.15) is 13.2 Å². The van der Waals surface area contributed by atoms with E-state index in [0.29, 0.717) is 5.52 Å². The first-order chi connectivity index (χ1) is 12.8. The molecule has 0 fully saturated rings. The number of hydrogen-bond donors (Lipinski definition) is 0. The van der Waals surface area contributed by atoms with Crippen molar-refractivity contribution in [1.82, 2.24) is 9.55 Å². The highest BCUT2D eigenvalue weighted by atomic mass is 19.4. The molecule has 0 saturated heterocycles. The molecule has 0 bridgehead atoms. The maximum absolute atomic E-state index is 12.6. The number of rotatable bonds is 3. The molecular weight excluding hydrogens is 353 g/mol. The summed E-state index contributed by atoms with van der Waals surface area (Å²) in [7, 11) is 0. The number of pyridine rings is 1. The Morgan fingerprint density at radius 3 is 2.48 bits per heavy atom. The largest absolute Gasteiger partial charge is 0.482 e. The third-order valence-electron chi connectivity index (χ3n) is 4.59. The lowest BCUT2D eigenvalue weighted by molar-refractivity contribution is -0.153. The lowest BCUT2D eigenvalue weighted by Gasteiger charge is -2.13. The van der Waals surface area contributed by atoms with Crippen LogP contribution in [0.5, 0.6) is 5.75 Å². The Balaban J connectivity index is 1.97. The summed E-state index contributed by atoms with van der Waals surface area (Å²) < 4.78 is 44.8. The van der Waals surface area contributed by atoms with Crippen LogP contribution in [-0.2, 0) is 0 Å². The van der Waals surface area contributed by atoms with E-state index in [0.717, 1.165) is 33.1 Å². The van der Waals surface area contributed by atoms with Crippen LogP contribution in [0.2, 0.25) is 0 Å². The van der Waals surface area contributed by atoms with Gasteiger partial charge in [0, 0.05) is 28.9 Å². The number of hydrogen-bond acceptors (Lipinski definition) is 2. The molecule has 0 spiro atoms. The molecule has 4 rings (SSSR count). The highest BCUT2D eigenvalue weighted by Gasteiger charge is 2.29. The quantitative estimate of drug-likeness (QED) is 0.460. The monoisotopic (exact) mass is 370 g/mol. The minimum absolute atomic E-state index is 0.127. The van der Waals surface area contributed by atoms with Crippen LogP contribution in [0.15, 0.2) is 54.9 Å². The molecular formula is C21H17F3N2O. The predicted molar refractivity (Wildman–Crippen MR) is 99.6 cm³/mol. The first-order valence-electron chi connectivity index (χ1n) is 8.50. The Bertz CT molecular complexity index is 1150. The second kappa shape index (κ2) is 6.30. The minimum atomic E-state index is -4.40. The number of benzene rings is 2. The average molecular weight is 370 g/mol. The minimum Gasteiger partial charge on any atom is -0.482 e. The summed E-state index contributed by atoms with van der Waals surface area (Å²) in [4.78, 5) is 4.39. The van der Waals surface area contributed by atoms with Gasteiger partial charge in [0.05, 0.1) is 5.52 Å². The third-order valence-corrected chi connectivity index (χ3v) is 4.59. The Morgan fingerprint density at radius 2 is 1.74 bits per heavy atom. The molecule has 138 valence electrons. The van der Waals surface area contributed by atoms with E-state index in [-0.39, 0.29) is 5.75 Å². The van der Waals surface area contributed by atoms with E-state index in [4.69, 9.17) is 4.74 Å². The fourth-order valence-electron chi connectivity index (χ4n) is 3.36. The first kappa shape index (κ1) is 17.4. The lowest BCUT2D eigenvalue weighted by atomic mass is 10.1. The van der Waals surface area contributed by atoms with Crippen LogP contribution in [0.4, 0.5) is 13.2 Å². The van der Waals surface area contributed by atoms with Gasteiger partial charge in [-0.05, 0) is 37.1 Å². The molecule has 2 aromatic heterocycles. The molecule has 0 aliphatic rings. The molecule has 0 radical (unpaired) electrons. The van der Waals surface area contributed by atoms with Gasteiger partial charge in [0.2, 0.25) is 0 Å². The molecule has 0 saturated carbocycles. The molecule has 0 N–H and O–H groups in total. The number of ether oxygens (including phenoxy) is 1. The second-order valence-electron chi connectivity index (χ2n) is 6.55. The molecule has 0 atom stereocenters. The Hall–Kier alpha value is -3.02. The normalized spacial score (nSPS) is 12.0. The van der Waals surface area contributed by atoms with Crippen LogP contribution in [0.25, 0.3) is 27.5 Å². The van der Waals surface area contributed by atoms with Crippen LogP contribution in [0, 0.1) is 13.8 Å². The molecule has 4 aromatic rings. The smallest absolute Gasteiger partial charge is 0.422 e. The van der Waals surface area contributed by atoms with Gasteiger partial charge in [0.15, 0.2) is 6.61 Å². The molecule has 3 nitrogen and oxygen atoms in total. The van der Waals surface area contributed by atoms with Gasteiger partial charge in [-0.1, -0.05) is 30.3 Å². The van der Waals surface area contributed by atoms with E-state index < -0.39 is 12.8 Å². The Morgan fingerprint density at radius 1 is 0.963 bits per heavy atom. The SMILES string of the molecule is Cc1ccccc1-n1cc(C)c2cnc3c(OCC(F)(F)F)cccc3c21. The van der Waals surface area contributed by atoms with E-state index in [2.05, 4.69) is 9.55 Å². The standard InChI is InChI=1S/C21H17F3N2O/c1-13-6-3-4-8-17(13)26-11-14(2)16-10-25-19-15(20(16)26)7-5-9-18(19)27-12-21(22,23)24/h3-11H,12H2,1-2H3. The number of nitrogens with zero attached hydrogens (tertiary/aromatic N) is 2. The van der Waals surface area contributed by atoms with Gasteiger partial charge in [0.25, 0.3) is 0 Å². The first-order valence-corrected chi connectivity index (χ1v) is 8.50. The summed E-state index contributed by atoms with van der Waals surface area (Å²) in [6.45, 7) is 2.68. The van der Waals surface area contributed by atoms with Crippen molar-refractivity contribution in [2.45, 2.75) is 20.0 Å². The van der Waals surface area contributed by atoms with E-state index in [1.54, 1.807) is 12.3 Å². The van der Waals surface area contributed by atoms with Gasteiger partial charge in [0.1, 0.15) is 11.3 Å².